The highest BCUT2D eigenvalue weighted by Crippen LogP contribution is 2.27. The number of rotatable bonds is 6. The number of methoxy groups -OCH3 is 1. The molecule has 0 fully saturated rings. The Morgan fingerprint density at radius 3 is 2.76 bits per heavy atom. The van der Waals surface area contributed by atoms with Gasteiger partial charge in [-0.05, 0) is 30.2 Å². The van der Waals surface area contributed by atoms with Crippen molar-refractivity contribution in [2.24, 2.45) is 5.73 Å². The average molecular weight is 286 g/mol. The van der Waals surface area contributed by atoms with Gasteiger partial charge in [0.2, 0.25) is 5.91 Å². The maximum atomic E-state index is 11.8. The van der Waals surface area contributed by atoms with Crippen molar-refractivity contribution in [2.45, 2.75) is 32.4 Å². The van der Waals surface area contributed by atoms with Crippen LogP contribution in [0, 0.1) is 0 Å². The van der Waals surface area contributed by atoms with Crippen LogP contribution in [0.5, 0.6) is 5.75 Å². The molecule has 1 atom stereocenters. The predicted molar refractivity (Wildman–Crippen MR) is 85.2 cm³/mol. The monoisotopic (exact) mass is 286 g/mol. The van der Waals surface area contributed by atoms with E-state index in [0.717, 1.165) is 22.1 Å². The Hall–Kier alpha value is -2.07. The average Bonchev–Trinajstić information content (AvgIpc) is 2.50. The molecule has 0 aliphatic carbocycles. The van der Waals surface area contributed by atoms with Crippen LogP contribution in [0.15, 0.2) is 36.4 Å². The Morgan fingerprint density at radius 1 is 1.29 bits per heavy atom. The summed E-state index contributed by atoms with van der Waals surface area (Å²) in [6.07, 6.45) is 1.14. The summed E-state index contributed by atoms with van der Waals surface area (Å²) < 4.78 is 5.41. The lowest BCUT2D eigenvalue weighted by Crippen LogP contribution is -2.25. The lowest BCUT2D eigenvalue weighted by atomic mass is 10.0. The van der Waals surface area contributed by atoms with Crippen LogP contribution in [-0.4, -0.2) is 19.1 Å². The number of hydrogen-bond donors (Lipinski definition) is 2. The number of hydrogen-bond acceptors (Lipinski definition) is 3. The molecule has 0 aliphatic heterocycles. The number of nitrogens with two attached hydrogens (primary N) is 1. The zero-order valence-electron chi connectivity index (χ0n) is 12.6. The quantitative estimate of drug-likeness (QED) is 0.858. The first-order valence-electron chi connectivity index (χ1n) is 7.18. The molecule has 1 amide bonds. The van der Waals surface area contributed by atoms with Crippen molar-refractivity contribution >= 4 is 16.7 Å². The smallest absolute Gasteiger partial charge is 0.220 e. The summed E-state index contributed by atoms with van der Waals surface area (Å²) in [5, 5.41) is 5.19. The molecule has 4 heteroatoms. The van der Waals surface area contributed by atoms with Gasteiger partial charge in [-0.3, -0.25) is 4.79 Å². The summed E-state index contributed by atoms with van der Waals surface area (Å²) >= 11 is 0. The Bertz CT molecular complexity index is 623. The number of nitrogens with one attached hydrogen (secondary N) is 1. The number of ether oxygens (including phenoxy) is 1. The second kappa shape index (κ2) is 7.09. The predicted octanol–water partition coefficient (Wildman–Crippen LogP) is 2.59. The third-order valence-corrected chi connectivity index (χ3v) is 3.51. The third kappa shape index (κ3) is 3.95. The molecule has 4 nitrogen and oxygen atoms in total. The van der Waals surface area contributed by atoms with Gasteiger partial charge in [-0.15, -0.1) is 0 Å². The molecular formula is C17H22N2O2. The molecule has 3 N–H and O–H groups in total. The van der Waals surface area contributed by atoms with E-state index in [1.807, 2.05) is 37.3 Å². The third-order valence-electron chi connectivity index (χ3n) is 3.51. The molecule has 0 saturated carbocycles. The number of fused-ring (bicyclic) bond motifs is 1. The summed E-state index contributed by atoms with van der Waals surface area (Å²) in [5.41, 5.74) is 6.67. The van der Waals surface area contributed by atoms with Gasteiger partial charge in [0, 0.05) is 24.6 Å². The van der Waals surface area contributed by atoms with Crippen LogP contribution < -0.4 is 15.8 Å². The van der Waals surface area contributed by atoms with Gasteiger partial charge in [0.05, 0.1) is 7.11 Å². The molecule has 2 rings (SSSR count). The van der Waals surface area contributed by atoms with E-state index >= 15 is 0 Å². The van der Waals surface area contributed by atoms with Gasteiger partial charge in [0.1, 0.15) is 5.75 Å². The van der Waals surface area contributed by atoms with Crippen molar-refractivity contribution < 1.29 is 9.53 Å². The molecule has 0 bridgehead atoms. The van der Waals surface area contributed by atoms with Crippen LogP contribution in [0.25, 0.3) is 10.8 Å². The van der Waals surface area contributed by atoms with E-state index in [1.165, 1.54) is 0 Å². The van der Waals surface area contributed by atoms with Crippen molar-refractivity contribution in [1.29, 1.82) is 0 Å². The Labute approximate surface area is 125 Å². The maximum absolute atomic E-state index is 11.8. The van der Waals surface area contributed by atoms with Crippen molar-refractivity contribution in [3.05, 3.63) is 42.0 Å². The van der Waals surface area contributed by atoms with E-state index in [4.69, 9.17) is 10.5 Å². The Balaban J connectivity index is 2.15. The standard InChI is InChI=1S/C17H22N2O2/c1-12(18)7-10-17(20)19-11-15-14-6-4-3-5-13(14)8-9-16(15)21-2/h3-6,8-9,12H,7,10-11,18H2,1-2H3,(H,19,20). The van der Waals surface area contributed by atoms with Crippen LogP contribution in [0.1, 0.15) is 25.3 Å². The van der Waals surface area contributed by atoms with Crippen LogP contribution in [0.2, 0.25) is 0 Å². The SMILES string of the molecule is COc1ccc2ccccc2c1CNC(=O)CCC(C)N. The number of benzene rings is 2. The summed E-state index contributed by atoms with van der Waals surface area (Å²) in [7, 11) is 1.64. The van der Waals surface area contributed by atoms with E-state index in [-0.39, 0.29) is 11.9 Å². The minimum atomic E-state index is 0.0160. The first kappa shape index (κ1) is 15.3. The number of amides is 1. The first-order chi connectivity index (χ1) is 10.1. The molecule has 21 heavy (non-hydrogen) atoms. The molecule has 2 aromatic rings. The van der Waals surface area contributed by atoms with E-state index in [9.17, 15) is 4.79 Å². The van der Waals surface area contributed by atoms with Gasteiger partial charge in [-0.25, -0.2) is 0 Å². The van der Waals surface area contributed by atoms with Gasteiger partial charge >= 0.3 is 0 Å². The zero-order valence-corrected chi connectivity index (χ0v) is 12.6. The van der Waals surface area contributed by atoms with Crippen LogP contribution in [0.3, 0.4) is 0 Å². The number of carbonyl (C=O) groups excluding carboxylic acids is 1. The molecule has 2 aromatic carbocycles. The van der Waals surface area contributed by atoms with Gasteiger partial charge < -0.3 is 15.8 Å². The molecule has 0 aromatic heterocycles. The van der Waals surface area contributed by atoms with Gasteiger partial charge in [-0.1, -0.05) is 30.3 Å². The van der Waals surface area contributed by atoms with E-state index in [2.05, 4.69) is 11.4 Å². The van der Waals surface area contributed by atoms with E-state index < -0.39 is 0 Å². The first-order valence-corrected chi connectivity index (χ1v) is 7.18. The topological polar surface area (TPSA) is 64.3 Å². The fourth-order valence-corrected chi connectivity index (χ4v) is 2.32. The maximum Gasteiger partial charge on any atom is 0.220 e. The fourth-order valence-electron chi connectivity index (χ4n) is 2.32. The summed E-state index contributed by atoms with van der Waals surface area (Å²) in [6, 6.07) is 12.1. The number of carbonyl (C=O) groups is 1. The van der Waals surface area contributed by atoms with Crippen LogP contribution >= 0.6 is 0 Å². The largest absolute Gasteiger partial charge is 0.496 e. The molecule has 112 valence electrons. The van der Waals surface area contributed by atoms with Crippen molar-refractivity contribution in [2.75, 3.05) is 7.11 Å². The van der Waals surface area contributed by atoms with Crippen molar-refractivity contribution in [3.8, 4) is 5.75 Å². The second-order valence-electron chi connectivity index (χ2n) is 5.26. The zero-order chi connectivity index (χ0) is 15.2. The second-order valence-corrected chi connectivity index (χ2v) is 5.26. The summed E-state index contributed by atoms with van der Waals surface area (Å²) in [6.45, 7) is 2.36. The summed E-state index contributed by atoms with van der Waals surface area (Å²) in [4.78, 5) is 11.8. The highest BCUT2D eigenvalue weighted by Gasteiger charge is 2.10. The highest BCUT2D eigenvalue weighted by molar-refractivity contribution is 5.88. The normalized spacial score (nSPS) is 12.1. The van der Waals surface area contributed by atoms with E-state index in [1.54, 1.807) is 7.11 Å². The Morgan fingerprint density at radius 2 is 2.05 bits per heavy atom. The lowest BCUT2D eigenvalue weighted by molar-refractivity contribution is -0.121. The molecule has 0 radical (unpaired) electrons. The summed E-state index contributed by atoms with van der Waals surface area (Å²) in [5.74, 6) is 0.809. The van der Waals surface area contributed by atoms with Gasteiger partial charge in [0.25, 0.3) is 0 Å². The molecular weight excluding hydrogens is 264 g/mol. The molecule has 0 heterocycles. The molecule has 0 spiro atoms. The molecule has 0 aliphatic rings. The van der Waals surface area contributed by atoms with Crippen molar-refractivity contribution in [1.82, 2.24) is 5.32 Å². The van der Waals surface area contributed by atoms with Crippen molar-refractivity contribution in [3.63, 3.8) is 0 Å². The van der Waals surface area contributed by atoms with Gasteiger partial charge in [0.15, 0.2) is 0 Å². The minimum absolute atomic E-state index is 0.0160. The fraction of sp³-hybridized carbons (Fsp3) is 0.353. The van der Waals surface area contributed by atoms with Crippen LogP contribution in [-0.2, 0) is 11.3 Å². The molecule has 1 unspecified atom stereocenters. The highest BCUT2D eigenvalue weighted by atomic mass is 16.5. The Kier molecular flexibility index (Phi) is 5.17. The molecule has 0 saturated heterocycles. The minimum Gasteiger partial charge on any atom is -0.496 e. The van der Waals surface area contributed by atoms with Gasteiger partial charge in [-0.2, -0.15) is 0 Å². The van der Waals surface area contributed by atoms with Crippen LogP contribution in [0.4, 0.5) is 0 Å². The lowest BCUT2D eigenvalue weighted by Gasteiger charge is -2.13. The van der Waals surface area contributed by atoms with E-state index in [0.29, 0.717) is 19.4 Å².